The van der Waals surface area contributed by atoms with E-state index >= 15 is 0 Å². The first-order valence-electron chi connectivity index (χ1n) is 10.2. The summed E-state index contributed by atoms with van der Waals surface area (Å²) in [5.41, 5.74) is 2.37. The monoisotopic (exact) mass is 524 g/mol. The Bertz CT molecular complexity index is 1260. The topological polar surface area (TPSA) is 34.1 Å². The molecule has 0 aliphatic carbocycles. The van der Waals surface area contributed by atoms with Gasteiger partial charge in [0, 0.05) is 42.4 Å². The second-order valence-electron chi connectivity index (χ2n) is 7.44. The Morgan fingerprint density at radius 2 is 0.559 bits per heavy atom. The van der Waals surface area contributed by atoms with Crippen molar-refractivity contribution < 1.29 is 9.59 Å². The van der Waals surface area contributed by atoms with Crippen molar-refractivity contribution in [3.63, 3.8) is 0 Å². The molecule has 0 atom stereocenters. The number of halogens is 4. The maximum absolute atomic E-state index is 13.9. The van der Waals surface area contributed by atoms with Crippen molar-refractivity contribution in [3.8, 4) is 0 Å². The number of benzene rings is 4. The van der Waals surface area contributed by atoms with E-state index in [4.69, 9.17) is 46.4 Å². The van der Waals surface area contributed by atoms with Crippen molar-refractivity contribution in [2.45, 2.75) is 0 Å². The summed E-state index contributed by atoms with van der Waals surface area (Å²) in [6, 6.07) is 26.7. The number of allylic oxidation sites excluding steroid dienone is 2. The van der Waals surface area contributed by atoms with Crippen LogP contribution in [0.2, 0.25) is 20.1 Å². The number of carbonyl (C=O) groups is 2. The molecule has 0 fully saturated rings. The molecule has 4 aromatic rings. The Balaban J connectivity index is 2.03. The number of hydrogen-bond donors (Lipinski definition) is 0. The molecule has 0 heterocycles. The third-order valence-corrected chi connectivity index (χ3v) is 6.19. The summed E-state index contributed by atoms with van der Waals surface area (Å²) in [5, 5.41) is 2.03. The molecule has 0 aliphatic rings. The van der Waals surface area contributed by atoms with Gasteiger partial charge in [-0.15, -0.1) is 0 Å². The highest BCUT2D eigenvalue weighted by molar-refractivity contribution is 6.47. The first-order valence-corrected chi connectivity index (χ1v) is 11.7. The number of carbonyl (C=O) groups excluding carboxylic acids is 2. The SMILES string of the molecule is O=C(/C(=C(/C(=O)c1ccc(Cl)cc1)c1ccc(Cl)cc1)c1ccc(Cl)cc1)c1ccc(Cl)cc1. The molecule has 0 radical (unpaired) electrons. The molecule has 34 heavy (non-hydrogen) atoms. The largest absolute Gasteiger partial charge is 0.289 e. The van der Waals surface area contributed by atoms with Crippen molar-refractivity contribution in [2.24, 2.45) is 0 Å². The van der Waals surface area contributed by atoms with Gasteiger partial charge in [-0.3, -0.25) is 9.59 Å². The van der Waals surface area contributed by atoms with Gasteiger partial charge in [0.15, 0.2) is 11.6 Å². The number of Topliss-reactive ketones (excluding diaryl/α,β-unsaturated/α-hetero) is 2. The lowest BCUT2D eigenvalue weighted by Gasteiger charge is -2.16. The van der Waals surface area contributed by atoms with Gasteiger partial charge in [0.1, 0.15) is 0 Å². The minimum Gasteiger partial charge on any atom is -0.289 e. The average Bonchev–Trinajstić information content (AvgIpc) is 2.84. The van der Waals surface area contributed by atoms with E-state index < -0.39 is 0 Å². The highest BCUT2D eigenvalue weighted by Gasteiger charge is 2.26. The van der Waals surface area contributed by atoms with Crippen LogP contribution in [0.4, 0.5) is 0 Å². The van der Waals surface area contributed by atoms with Gasteiger partial charge in [-0.25, -0.2) is 0 Å². The third kappa shape index (κ3) is 5.43. The van der Waals surface area contributed by atoms with Crippen LogP contribution < -0.4 is 0 Å². The molecule has 4 aromatic carbocycles. The van der Waals surface area contributed by atoms with Gasteiger partial charge in [-0.05, 0) is 83.9 Å². The molecular weight excluding hydrogens is 510 g/mol. The van der Waals surface area contributed by atoms with Crippen LogP contribution in [0.15, 0.2) is 97.1 Å². The molecule has 2 nitrogen and oxygen atoms in total. The van der Waals surface area contributed by atoms with Crippen LogP contribution >= 0.6 is 46.4 Å². The summed E-state index contributed by atoms with van der Waals surface area (Å²) in [6.07, 6.45) is 0. The van der Waals surface area contributed by atoms with E-state index in [0.717, 1.165) is 0 Å². The van der Waals surface area contributed by atoms with Crippen LogP contribution in [0.1, 0.15) is 31.8 Å². The molecule has 168 valence electrons. The fraction of sp³-hybridized carbons (Fsp3) is 0. The Morgan fingerprint density at radius 1 is 0.353 bits per heavy atom. The Labute approximate surface area is 217 Å². The number of ketones is 2. The maximum atomic E-state index is 13.9. The number of hydrogen-bond acceptors (Lipinski definition) is 2. The summed E-state index contributed by atoms with van der Waals surface area (Å²) in [7, 11) is 0. The molecule has 0 aliphatic heterocycles. The highest BCUT2D eigenvalue weighted by atomic mass is 35.5. The lowest BCUT2D eigenvalue weighted by molar-refractivity contribution is 0.103. The first kappa shape index (κ1) is 24.3. The lowest BCUT2D eigenvalue weighted by atomic mass is 9.85. The zero-order chi connectivity index (χ0) is 24.2. The average molecular weight is 526 g/mol. The van der Waals surface area contributed by atoms with Gasteiger partial charge in [0.05, 0.1) is 0 Å². The molecule has 0 unspecified atom stereocenters. The Kier molecular flexibility index (Phi) is 7.55. The van der Waals surface area contributed by atoms with E-state index in [-0.39, 0.29) is 22.7 Å². The normalized spacial score (nSPS) is 11.6. The van der Waals surface area contributed by atoms with Gasteiger partial charge in [-0.2, -0.15) is 0 Å². The quantitative estimate of drug-likeness (QED) is 0.143. The molecule has 4 rings (SSSR count). The van der Waals surface area contributed by atoms with Crippen LogP contribution in [0.25, 0.3) is 11.1 Å². The van der Waals surface area contributed by atoms with E-state index in [1.54, 1.807) is 97.1 Å². The molecule has 0 saturated heterocycles. The lowest BCUT2D eigenvalue weighted by Crippen LogP contribution is -2.12. The van der Waals surface area contributed by atoms with Crippen molar-refractivity contribution >= 4 is 69.1 Å². The van der Waals surface area contributed by atoms with Gasteiger partial charge in [-0.1, -0.05) is 70.7 Å². The first-order chi connectivity index (χ1) is 16.3. The Morgan fingerprint density at radius 3 is 0.794 bits per heavy atom. The smallest absolute Gasteiger partial charge is 0.194 e. The second kappa shape index (κ2) is 10.6. The summed E-state index contributed by atoms with van der Waals surface area (Å²) < 4.78 is 0. The molecule has 0 bridgehead atoms. The summed E-state index contributed by atoms with van der Waals surface area (Å²) in [4.78, 5) is 27.8. The summed E-state index contributed by atoms with van der Waals surface area (Å²) in [6.45, 7) is 0. The van der Waals surface area contributed by atoms with E-state index in [9.17, 15) is 9.59 Å². The van der Waals surface area contributed by atoms with Crippen molar-refractivity contribution in [1.29, 1.82) is 0 Å². The second-order valence-corrected chi connectivity index (χ2v) is 9.18. The minimum atomic E-state index is -0.328. The van der Waals surface area contributed by atoms with Crippen molar-refractivity contribution in [1.82, 2.24) is 0 Å². The summed E-state index contributed by atoms with van der Waals surface area (Å²) >= 11 is 24.3. The molecule has 0 spiro atoms. The molecule has 0 aromatic heterocycles. The van der Waals surface area contributed by atoms with Gasteiger partial charge in [0.25, 0.3) is 0 Å². The molecule has 0 amide bonds. The van der Waals surface area contributed by atoms with Crippen LogP contribution in [-0.2, 0) is 0 Å². The van der Waals surface area contributed by atoms with E-state index in [2.05, 4.69) is 0 Å². The van der Waals surface area contributed by atoms with E-state index in [1.807, 2.05) is 0 Å². The standard InChI is InChI=1S/C28H16Cl4O2/c29-21-9-1-17(2-10-21)25(27(33)19-5-13-23(31)14-6-19)26(18-3-11-22(30)12-4-18)28(34)20-7-15-24(32)16-8-20/h1-16H/b26-25+. The van der Waals surface area contributed by atoms with Crippen LogP contribution in [0, 0.1) is 0 Å². The van der Waals surface area contributed by atoms with Gasteiger partial charge >= 0.3 is 0 Å². The highest BCUT2D eigenvalue weighted by Crippen LogP contribution is 2.34. The van der Waals surface area contributed by atoms with E-state index in [0.29, 0.717) is 42.3 Å². The molecule has 0 saturated carbocycles. The molecule has 6 heteroatoms. The Hall–Kier alpha value is -2.88. The van der Waals surface area contributed by atoms with Gasteiger partial charge < -0.3 is 0 Å². The van der Waals surface area contributed by atoms with Crippen molar-refractivity contribution in [2.75, 3.05) is 0 Å². The van der Waals surface area contributed by atoms with Crippen LogP contribution in [-0.4, -0.2) is 11.6 Å². The molecular formula is C28H16Cl4O2. The summed E-state index contributed by atoms with van der Waals surface area (Å²) in [5.74, 6) is -0.655. The van der Waals surface area contributed by atoms with Crippen molar-refractivity contribution in [3.05, 3.63) is 139 Å². The van der Waals surface area contributed by atoms with Crippen LogP contribution in [0.3, 0.4) is 0 Å². The number of rotatable bonds is 6. The zero-order valence-corrected chi connectivity index (χ0v) is 20.6. The predicted octanol–water partition coefficient (Wildman–Crippen LogP) is 8.98. The fourth-order valence-corrected chi connectivity index (χ4v) is 4.01. The minimum absolute atomic E-state index is 0.237. The maximum Gasteiger partial charge on any atom is 0.194 e. The van der Waals surface area contributed by atoms with Gasteiger partial charge in [0.2, 0.25) is 0 Å². The third-order valence-electron chi connectivity index (χ3n) is 5.18. The zero-order valence-electron chi connectivity index (χ0n) is 17.6. The predicted molar refractivity (Wildman–Crippen MR) is 141 cm³/mol. The molecule has 0 N–H and O–H groups in total. The van der Waals surface area contributed by atoms with E-state index in [1.165, 1.54) is 0 Å². The fourth-order valence-electron chi connectivity index (χ4n) is 3.50. The van der Waals surface area contributed by atoms with Crippen LogP contribution in [0.5, 0.6) is 0 Å².